The van der Waals surface area contributed by atoms with Gasteiger partial charge in [-0.2, -0.15) is 0 Å². The summed E-state index contributed by atoms with van der Waals surface area (Å²) in [4.78, 5) is 21.2. The number of aromatic carboxylic acids is 1. The van der Waals surface area contributed by atoms with Gasteiger partial charge < -0.3 is 15.3 Å². The van der Waals surface area contributed by atoms with Gasteiger partial charge in [0.2, 0.25) is 5.82 Å². The minimum Gasteiger partial charge on any atom is -0.475 e. The zero-order valence-corrected chi connectivity index (χ0v) is 10.9. The third kappa shape index (κ3) is 2.79. The third-order valence-corrected chi connectivity index (χ3v) is 2.83. The molecule has 6 heteroatoms. The summed E-state index contributed by atoms with van der Waals surface area (Å²) in [5.41, 5.74) is 0.640. The Kier molecular flexibility index (Phi) is 3.91. The zero-order chi connectivity index (χ0) is 13.8. The van der Waals surface area contributed by atoms with E-state index in [2.05, 4.69) is 15.3 Å². The van der Waals surface area contributed by atoms with Gasteiger partial charge in [-0.25, -0.2) is 14.8 Å². The van der Waals surface area contributed by atoms with Crippen LogP contribution in [0.3, 0.4) is 0 Å². The number of hydrogen-bond acceptors (Lipinski definition) is 5. The lowest BCUT2D eigenvalue weighted by Crippen LogP contribution is -2.28. The summed E-state index contributed by atoms with van der Waals surface area (Å²) in [6, 6.07) is 7.41. The number of hydrogen-bond donors (Lipinski definition) is 2. The maximum Gasteiger partial charge on any atom is 0.374 e. The Bertz CT molecular complexity index is 600. The fourth-order valence-electron chi connectivity index (χ4n) is 1.83. The van der Waals surface area contributed by atoms with Crippen LogP contribution >= 0.6 is 0 Å². The Hall–Kier alpha value is -2.21. The first-order chi connectivity index (χ1) is 9.13. The van der Waals surface area contributed by atoms with Gasteiger partial charge in [0.1, 0.15) is 5.82 Å². The Labute approximate surface area is 111 Å². The maximum atomic E-state index is 11.1. The lowest BCUT2D eigenvalue weighted by molar-refractivity contribution is 0.0684. The average Bonchev–Trinajstić information content (AvgIpc) is 2.43. The molecule has 0 aliphatic heterocycles. The van der Waals surface area contributed by atoms with E-state index in [9.17, 15) is 4.79 Å². The number of benzene rings is 1. The molecule has 0 bridgehead atoms. The van der Waals surface area contributed by atoms with Crippen LogP contribution in [0.25, 0.3) is 10.9 Å². The highest BCUT2D eigenvalue weighted by Crippen LogP contribution is 2.22. The Balaban J connectivity index is 2.53. The van der Waals surface area contributed by atoms with Crippen LogP contribution in [0.5, 0.6) is 0 Å². The number of nitrogens with zero attached hydrogens (tertiary/aromatic N) is 3. The quantitative estimate of drug-likeness (QED) is 0.834. The van der Waals surface area contributed by atoms with Gasteiger partial charge in [0.05, 0.1) is 5.52 Å². The number of likely N-dealkylation sites (N-methyl/N-ethyl adjacent to an activating group) is 2. The van der Waals surface area contributed by atoms with Crippen molar-refractivity contribution in [3.05, 3.63) is 30.1 Å². The number of fused-ring (bicyclic) bond motifs is 1. The van der Waals surface area contributed by atoms with Crippen LogP contribution in [0.15, 0.2) is 24.3 Å². The molecule has 2 aromatic rings. The molecule has 2 N–H and O–H groups in total. The lowest BCUT2D eigenvalue weighted by Gasteiger charge is -2.19. The van der Waals surface area contributed by atoms with Crippen LogP contribution in [0.4, 0.5) is 5.82 Å². The molecule has 1 heterocycles. The first-order valence-electron chi connectivity index (χ1n) is 5.99. The van der Waals surface area contributed by atoms with E-state index in [1.54, 1.807) is 6.07 Å². The normalized spacial score (nSPS) is 10.6. The molecule has 0 saturated carbocycles. The summed E-state index contributed by atoms with van der Waals surface area (Å²) in [5, 5.41) is 13.0. The number of nitrogens with one attached hydrogen (secondary N) is 1. The molecule has 0 fully saturated rings. The van der Waals surface area contributed by atoms with E-state index in [0.717, 1.165) is 18.5 Å². The molecule has 0 amide bonds. The SMILES string of the molecule is CNCCN(C)c1nc(C(=O)O)nc2ccccc12. The minimum atomic E-state index is -1.12. The molecule has 0 spiro atoms. The van der Waals surface area contributed by atoms with Gasteiger partial charge in [-0.05, 0) is 19.2 Å². The molecule has 0 unspecified atom stereocenters. The fraction of sp³-hybridized carbons (Fsp3) is 0.308. The molecule has 0 atom stereocenters. The van der Waals surface area contributed by atoms with Gasteiger partial charge in [0.25, 0.3) is 0 Å². The van der Waals surface area contributed by atoms with Crippen molar-refractivity contribution < 1.29 is 9.90 Å². The van der Waals surface area contributed by atoms with Crippen LogP contribution in [-0.2, 0) is 0 Å². The molecule has 6 nitrogen and oxygen atoms in total. The third-order valence-electron chi connectivity index (χ3n) is 2.83. The van der Waals surface area contributed by atoms with Gasteiger partial charge in [-0.15, -0.1) is 0 Å². The Morgan fingerprint density at radius 3 is 2.79 bits per heavy atom. The van der Waals surface area contributed by atoms with Crippen molar-refractivity contribution in [1.82, 2.24) is 15.3 Å². The van der Waals surface area contributed by atoms with Gasteiger partial charge >= 0.3 is 5.97 Å². The summed E-state index contributed by atoms with van der Waals surface area (Å²) in [6.45, 7) is 1.52. The van der Waals surface area contributed by atoms with Crippen molar-refractivity contribution in [2.45, 2.75) is 0 Å². The van der Waals surface area contributed by atoms with E-state index in [1.807, 2.05) is 37.2 Å². The first-order valence-corrected chi connectivity index (χ1v) is 5.99. The summed E-state index contributed by atoms with van der Waals surface area (Å²) in [7, 11) is 3.76. The standard InChI is InChI=1S/C13H16N4O2/c1-14-7-8-17(2)12-9-5-3-4-6-10(9)15-11(16-12)13(18)19/h3-6,14H,7-8H2,1-2H3,(H,18,19). The molecule has 1 aromatic carbocycles. The Morgan fingerprint density at radius 2 is 2.11 bits per heavy atom. The van der Waals surface area contributed by atoms with Crippen molar-refractivity contribution in [2.24, 2.45) is 0 Å². The number of rotatable bonds is 5. The van der Waals surface area contributed by atoms with Crippen molar-refractivity contribution >= 4 is 22.7 Å². The molecule has 19 heavy (non-hydrogen) atoms. The van der Waals surface area contributed by atoms with Crippen LogP contribution < -0.4 is 10.2 Å². The maximum absolute atomic E-state index is 11.1. The smallest absolute Gasteiger partial charge is 0.374 e. The molecule has 0 radical (unpaired) electrons. The molecule has 100 valence electrons. The van der Waals surface area contributed by atoms with E-state index >= 15 is 0 Å². The van der Waals surface area contributed by atoms with E-state index in [4.69, 9.17) is 5.11 Å². The van der Waals surface area contributed by atoms with E-state index in [-0.39, 0.29) is 5.82 Å². The number of anilines is 1. The number of carboxylic acids is 1. The fourth-order valence-corrected chi connectivity index (χ4v) is 1.83. The summed E-state index contributed by atoms with van der Waals surface area (Å²) >= 11 is 0. The van der Waals surface area contributed by atoms with Crippen LogP contribution in [-0.4, -0.2) is 48.2 Å². The summed E-state index contributed by atoms with van der Waals surface area (Å²) in [6.07, 6.45) is 0. The monoisotopic (exact) mass is 260 g/mol. The van der Waals surface area contributed by atoms with Crippen LogP contribution in [0.1, 0.15) is 10.6 Å². The van der Waals surface area contributed by atoms with E-state index in [0.29, 0.717) is 11.3 Å². The molecule has 0 saturated heterocycles. The molecule has 2 rings (SSSR count). The topological polar surface area (TPSA) is 78.4 Å². The number of aromatic nitrogens is 2. The summed E-state index contributed by atoms with van der Waals surface area (Å²) in [5.74, 6) is -0.655. The highest BCUT2D eigenvalue weighted by Gasteiger charge is 2.14. The molecule has 0 aliphatic rings. The second-order valence-corrected chi connectivity index (χ2v) is 4.22. The summed E-state index contributed by atoms with van der Waals surface area (Å²) < 4.78 is 0. The molecule has 1 aromatic heterocycles. The van der Waals surface area contributed by atoms with Gasteiger partial charge in [0.15, 0.2) is 0 Å². The molecular formula is C13H16N4O2. The largest absolute Gasteiger partial charge is 0.475 e. The Morgan fingerprint density at radius 1 is 1.37 bits per heavy atom. The number of carboxylic acid groups (broad SMARTS) is 1. The lowest BCUT2D eigenvalue weighted by atomic mass is 10.2. The predicted octanol–water partition coefficient (Wildman–Crippen LogP) is 0.984. The second kappa shape index (κ2) is 5.62. The first kappa shape index (κ1) is 13.2. The molecular weight excluding hydrogens is 244 g/mol. The van der Waals surface area contributed by atoms with Crippen LogP contribution in [0.2, 0.25) is 0 Å². The van der Waals surface area contributed by atoms with Crippen molar-refractivity contribution in [2.75, 3.05) is 32.1 Å². The second-order valence-electron chi connectivity index (χ2n) is 4.22. The predicted molar refractivity (Wildman–Crippen MR) is 73.7 cm³/mol. The van der Waals surface area contributed by atoms with Crippen molar-refractivity contribution in [1.29, 1.82) is 0 Å². The highest BCUT2D eigenvalue weighted by atomic mass is 16.4. The minimum absolute atomic E-state index is 0.176. The molecule has 0 aliphatic carbocycles. The van der Waals surface area contributed by atoms with Crippen molar-refractivity contribution in [3.63, 3.8) is 0 Å². The van der Waals surface area contributed by atoms with Crippen LogP contribution in [0, 0.1) is 0 Å². The number of para-hydroxylation sites is 1. The average molecular weight is 260 g/mol. The van der Waals surface area contributed by atoms with E-state index in [1.165, 1.54) is 0 Å². The van der Waals surface area contributed by atoms with E-state index < -0.39 is 5.97 Å². The van der Waals surface area contributed by atoms with Gasteiger partial charge in [-0.1, -0.05) is 12.1 Å². The van der Waals surface area contributed by atoms with Gasteiger partial charge in [-0.3, -0.25) is 0 Å². The highest BCUT2D eigenvalue weighted by molar-refractivity contribution is 5.93. The number of carbonyl (C=O) groups is 1. The zero-order valence-electron chi connectivity index (χ0n) is 10.9. The van der Waals surface area contributed by atoms with Crippen molar-refractivity contribution in [3.8, 4) is 0 Å². The van der Waals surface area contributed by atoms with Gasteiger partial charge in [0, 0.05) is 25.5 Å².